The van der Waals surface area contributed by atoms with Crippen LogP contribution in [0.25, 0.3) is 98.4 Å². The first-order valence-corrected chi connectivity index (χ1v) is 29.0. The van der Waals surface area contributed by atoms with Gasteiger partial charge in [0, 0.05) is 45.7 Å². The van der Waals surface area contributed by atoms with Crippen LogP contribution in [0.4, 0.5) is 22.7 Å². The predicted molar refractivity (Wildman–Crippen MR) is 332 cm³/mol. The first-order chi connectivity index (χ1) is 38.2. The molecule has 378 valence electrons. The molecule has 6 atom stereocenters. The summed E-state index contributed by atoms with van der Waals surface area (Å²) in [6, 6.07) is 84.3. The van der Waals surface area contributed by atoms with Crippen LogP contribution in [0.15, 0.2) is 218 Å². The second-order valence-electron chi connectivity index (χ2n) is 24.5. The zero-order valence-corrected chi connectivity index (χ0v) is 45.2. The Labute approximate surface area is 458 Å². The molecule has 2 aliphatic heterocycles. The second-order valence-corrected chi connectivity index (χ2v) is 24.5. The number of para-hydroxylation sites is 2. The van der Waals surface area contributed by atoms with Gasteiger partial charge in [0.05, 0.1) is 0 Å². The van der Waals surface area contributed by atoms with Crippen molar-refractivity contribution in [1.82, 2.24) is 0 Å². The first kappa shape index (κ1) is 45.9. The molecule has 0 N–H and O–H groups in total. The number of nitrogens with zero attached hydrogens (tertiary/aromatic N) is 2. The molecule has 2 nitrogen and oxygen atoms in total. The number of benzene rings is 12. The van der Waals surface area contributed by atoms with Gasteiger partial charge in [0.15, 0.2) is 0 Å². The Balaban J connectivity index is 0.994. The van der Waals surface area contributed by atoms with Crippen LogP contribution in [0, 0.1) is 11.8 Å². The SMILES string of the molecule is CC1CCC2(C)C(C1)c1cc(-c3cc(-c4cccc5ccccc45)c4ccc5c(-c6ccc7c(c6)C6CC(C)CCC6(C)N7c6ccccc6)cc(-c6cccc7ccccc67)c6ccc3c4c56)ccc1N2c1ccccc1. The molecular weight excluding hydrogens is 941 g/mol. The van der Waals surface area contributed by atoms with Crippen molar-refractivity contribution in [2.45, 2.75) is 89.1 Å². The molecule has 0 saturated heterocycles. The highest BCUT2D eigenvalue weighted by atomic mass is 15.2. The lowest BCUT2D eigenvalue weighted by atomic mass is 9.69. The summed E-state index contributed by atoms with van der Waals surface area (Å²) in [5.74, 6) is 2.22. The highest BCUT2D eigenvalue weighted by Crippen LogP contribution is 2.61. The number of fused-ring (bicyclic) bond motifs is 8. The van der Waals surface area contributed by atoms with E-state index in [1.807, 2.05) is 0 Å². The molecule has 2 saturated carbocycles. The maximum absolute atomic E-state index is 2.71. The average molecular weight is 1010 g/mol. The molecule has 6 unspecified atom stereocenters. The molecule has 0 aromatic heterocycles. The van der Waals surface area contributed by atoms with Crippen LogP contribution in [0.5, 0.6) is 0 Å². The van der Waals surface area contributed by atoms with E-state index < -0.39 is 0 Å². The van der Waals surface area contributed by atoms with Crippen LogP contribution < -0.4 is 9.80 Å². The van der Waals surface area contributed by atoms with Crippen molar-refractivity contribution in [3.8, 4) is 44.5 Å². The summed E-state index contributed by atoms with van der Waals surface area (Å²) in [7, 11) is 0. The van der Waals surface area contributed by atoms with Crippen molar-refractivity contribution in [2.24, 2.45) is 11.8 Å². The quantitative estimate of drug-likeness (QED) is 0.153. The highest BCUT2D eigenvalue weighted by molar-refractivity contribution is 6.33. The average Bonchev–Trinajstić information content (AvgIpc) is 3.64. The van der Waals surface area contributed by atoms with Gasteiger partial charge in [-0.05, 0) is 234 Å². The Morgan fingerprint density at radius 3 is 1.17 bits per heavy atom. The monoisotopic (exact) mass is 1000 g/mol. The third-order valence-corrected chi connectivity index (χ3v) is 20.1. The minimum Gasteiger partial charge on any atom is -0.335 e. The Morgan fingerprint density at radius 1 is 0.346 bits per heavy atom. The van der Waals surface area contributed by atoms with Crippen LogP contribution in [0.2, 0.25) is 0 Å². The van der Waals surface area contributed by atoms with E-state index in [4.69, 9.17) is 0 Å². The maximum atomic E-state index is 2.71. The molecule has 0 amide bonds. The van der Waals surface area contributed by atoms with Crippen molar-refractivity contribution in [3.05, 3.63) is 230 Å². The molecule has 2 fully saturated rings. The molecule has 78 heavy (non-hydrogen) atoms. The fourth-order valence-corrected chi connectivity index (χ4v) is 16.3. The van der Waals surface area contributed by atoms with Gasteiger partial charge in [0.25, 0.3) is 0 Å². The number of rotatable bonds is 6. The van der Waals surface area contributed by atoms with E-state index in [1.54, 1.807) is 0 Å². The number of hydrogen-bond donors (Lipinski definition) is 0. The largest absolute Gasteiger partial charge is 0.335 e. The first-order valence-electron chi connectivity index (χ1n) is 29.0. The van der Waals surface area contributed by atoms with E-state index in [9.17, 15) is 0 Å². The smallest absolute Gasteiger partial charge is 0.0492 e. The molecule has 12 aromatic carbocycles. The van der Waals surface area contributed by atoms with Gasteiger partial charge in [-0.25, -0.2) is 0 Å². The Kier molecular flexibility index (Phi) is 10.1. The van der Waals surface area contributed by atoms with E-state index in [0.717, 1.165) is 0 Å². The maximum Gasteiger partial charge on any atom is 0.0492 e. The van der Waals surface area contributed by atoms with E-state index in [-0.39, 0.29) is 11.1 Å². The summed E-state index contributed by atoms with van der Waals surface area (Å²) >= 11 is 0. The summed E-state index contributed by atoms with van der Waals surface area (Å²) in [6.07, 6.45) is 7.25. The minimum absolute atomic E-state index is 0.00521. The third-order valence-electron chi connectivity index (χ3n) is 20.1. The van der Waals surface area contributed by atoms with Crippen LogP contribution in [-0.4, -0.2) is 11.1 Å². The van der Waals surface area contributed by atoms with Gasteiger partial charge < -0.3 is 9.80 Å². The van der Waals surface area contributed by atoms with Crippen molar-refractivity contribution in [1.29, 1.82) is 0 Å². The van der Waals surface area contributed by atoms with E-state index >= 15 is 0 Å². The van der Waals surface area contributed by atoms with Crippen LogP contribution in [0.1, 0.15) is 89.2 Å². The van der Waals surface area contributed by atoms with Crippen molar-refractivity contribution < 1.29 is 0 Å². The lowest BCUT2D eigenvalue weighted by molar-refractivity contribution is 0.237. The summed E-state index contributed by atoms with van der Waals surface area (Å²) in [6.45, 7) is 10.0. The van der Waals surface area contributed by atoms with Crippen LogP contribution >= 0.6 is 0 Å². The van der Waals surface area contributed by atoms with Gasteiger partial charge in [-0.15, -0.1) is 0 Å². The van der Waals surface area contributed by atoms with Crippen molar-refractivity contribution in [2.75, 3.05) is 9.80 Å². The fraction of sp³-hybridized carbons (Fsp3) is 0.211. The molecule has 4 aliphatic rings. The predicted octanol–water partition coefficient (Wildman–Crippen LogP) is 21.2. The van der Waals surface area contributed by atoms with Gasteiger partial charge >= 0.3 is 0 Å². The normalized spacial score (nSPS) is 22.6. The molecular formula is C76H64N2. The van der Waals surface area contributed by atoms with Gasteiger partial charge in [-0.3, -0.25) is 0 Å². The van der Waals surface area contributed by atoms with Crippen molar-refractivity contribution >= 4 is 76.6 Å². The zero-order chi connectivity index (χ0) is 52.0. The van der Waals surface area contributed by atoms with E-state index in [0.29, 0.717) is 23.7 Å². The van der Waals surface area contributed by atoms with Crippen LogP contribution in [-0.2, 0) is 0 Å². The lowest BCUT2D eigenvalue weighted by Gasteiger charge is -2.45. The fourth-order valence-electron chi connectivity index (χ4n) is 16.3. The topological polar surface area (TPSA) is 6.48 Å². The highest BCUT2D eigenvalue weighted by Gasteiger charge is 2.52. The van der Waals surface area contributed by atoms with Crippen molar-refractivity contribution in [3.63, 3.8) is 0 Å². The van der Waals surface area contributed by atoms with Gasteiger partial charge in [0.2, 0.25) is 0 Å². The molecule has 0 spiro atoms. The minimum atomic E-state index is 0.00521. The Bertz CT molecular complexity index is 4090. The molecule has 16 rings (SSSR count). The second kappa shape index (κ2) is 17.1. The summed E-state index contributed by atoms with van der Waals surface area (Å²) in [5, 5.41) is 13.0. The molecule has 2 heteroatoms. The number of hydrogen-bond acceptors (Lipinski definition) is 2. The third kappa shape index (κ3) is 6.62. The molecule has 2 heterocycles. The number of anilines is 4. The van der Waals surface area contributed by atoms with Gasteiger partial charge in [-0.2, -0.15) is 0 Å². The molecule has 12 aromatic rings. The summed E-state index contributed by atoms with van der Waals surface area (Å²) < 4.78 is 0. The summed E-state index contributed by atoms with van der Waals surface area (Å²) in [5.41, 5.74) is 18.6. The Morgan fingerprint density at radius 2 is 0.731 bits per heavy atom. The molecule has 2 aliphatic carbocycles. The molecule has 0 radical (unpaired) electrons. The standard InChI is InChI=1S/C76H64N2/c1-47-37-39-75(3)69(41-47)67-43-51(29-35-71(67)77(75)53-21-7-5-8-22-53)63-45-65(57-27-15-19-49-17-11-13-25-55(49)57)61-34-32-60-64(46-66(62-33-31-59(63)73(61)74(60)62)58-28-16-20-50-18-12-14-26-56(50)58)52-30-36-72-68(44-52)70-42-48(2)38-40-76(70,4)78(72)54-23-9-6-10-24-54/h5-36,43-48,69-70H,37-42H2,1-4H3. The summed E-state index contributed by atoms with van der Waals surface area (Å²) in [4.78, 5) is 5.41. The molecule has 0 bridgehead atoms. The van der Waals surface area contributed by atoms with Gasteiger partial charge in [0.1, 0.15) is 0 Å². The van der Waals surface area contributed by atoms with E-state index in [2.05, 4.69) is 256 Å². The van der Waals surface area contributed by atoms with E-state index in [1.165, 1.54) is 171 Å². The lowest BCUT2D eigenvalue weighted by Crippen LogP contribution is -2.46. The Hall–Kier alpha value is -8.20. The zero-order valence-electron chi connectivity index (χ0n) is 45.2. The van der Waals surface area contributed by atoms with Crippen LogP contribution in [0.3, 0.4) is 0 Å². The van der Waals surface area contributed by atoms with Gasteiger partial charge in [-0.1, -0.05) is 172 Å².